The van der Waals surface area contributed by atoms with Gasteiger partial charge in [0.1, 0.15) is 0 Å². The number of imide groups is 1. The number of ether oxygens (including phenoxy) is 1. The van der Waals surface area contributed by atoms with Gasteiger partial charge in [0, 0.05) is 11.8 Å². The van der Waals surface area contributed by atoms with Crippen molar-refractivity contribution < 1.29 is 19.2 Å². The number of halogens is 4. The second kappa shape index (κ2) is 5.06. The molecule has 8 atom stereocenters. The molecule has 0 aromatic rings. The van der Waals surface area contributed by atoms with Crippen molar-refractivity contribution in [3.63, 3.8) is 0 Å². The molecule has 0 spiro atoms. The summed E-state index contributed by atoms with van der Waals surface area (Å²) in [6.07, 6.45) is 0.0995. The summed E-state index contributed by atoms with van der Waals surface area (Å²) in [5.74, 6) is -2.37. The van der Waals surface area contributed by atoms with E-state index in [2.05, 4.69) is 0 Å². The molecule has 9 heteroatoms. The largest absolute Gasteiger partial charge is 0.373 e. The number of allylic oxidation sites excluding steroid dienone is 2. The van der Waals surface area contributed by atoms with E-state index in [9.17, 15) is 9.59 Å². The molecule has 0 N–H and O–H groups in total. The summed E-state index contributed by atoms with van der Waals surface area (Å²) in [4.78, 5) is 29.0. The first kappa shape index (κ1) is 17.1. The van der Waals surface area contributed by atoms with Crippen molar-refractivity contribution in [3.05, 3.63) is 10.1 Å². The molecule has 0 radical (unpaired) electrons. The van der Waals surface area contributed by atoms with Crippen LogP contribution in [0.15, 0.2) is 10.1 Å². The molecule has 136 valence electrons. The lowest BCUT2D eigenvalue weighted by atomic mass is 9.65. The average molecular weight is 427 g/mol. The highest BCUT2D eigenvalue weighted by Gasteiger charge is 2.82. The molecule has 5 rings (SSSR count). The van der Waals surface area contributed by atoms with Crippen LogP contribution in [0.3, 0.4) is 0 Å². The number of amides is 2. The maximum absolute atomic E-state index is 12.8. The van der Waals surface area contributed by atoms with E-state index in [4.69, 9.17) is 56.0 Å². The average Bonchev–Trinajstić information content (AvgIpc) is 3.29. The number of hydrogen-bond acceptors (Lipinski definition) is 4. The lowest BCUT2D eigenvalue weighted by molar-refractivity contribution is -0.192. The van der Waals surface area contributed by atoms with Gasteiger partial charge in [0.2, 0.25) is 0 Å². The molecule has 4 bridgehead atoms. The summed E-state index contributed by atoms with van der Waals surface area (Å²) in [6.45, 7) is 2.21. The van der Waals surface area contributed by atoms with Crippen LogP contribution in [0.1, 0.15) is 19.8 Å². The zero-order valence-corrected chi connectivity index (χ0v) is 16.2. The van der Waals surface area contributed by atoms with Crippen LogP contribution in [0.4, 0.5) is 0 Å². The van der Waals surface area contributed by atoms with Crippen LogP contribution in [0.2, 0.25) is 0 Å². The molecule has 1 saturated carbocycles. The van der Waals surface area contributed by atoms with Crippen LogP contribution < -0.4 is 0 Å². The van der Waals surface area contributed by atoms with Gasteiger partial charge in [-0.15, -0.1) is 23.2 Å². The third kappa shape index (κ3) is 1.72. The van der Waals surface area contributed by atoms with Crippen molar-refractivity contribution in [2.24, 2.45) is 23.7 Å². The first-order valence-electron chi connectivity index (χ1n) is 8.37. The molecule has 0 unspecified atom stereocenters. The van der Waals surface area contributed by atoms with Gasteiger partial charge in [-0.3, -0.25) is 14.4 Å². The van der Waals surface area contributed by atoms with Crippen molar-refractivity contribution >= 4 is 58.2 Å². The van der Waals surface area contributed by atoms with Crippen LogP contribution in [-0.2, 0) is 19.2 Å². The summed E-state index contributed by atoms with van der Waals surface area (Å²) in [5.41, 5.74) is 0. The Morgan fingerprint density at radius 3 is 2.00 bits per heavy atom. The fourth-order valence-electron chi connectivity index (χ4n) is 5.57. The van der Waals surface area contributed by atoms with Gasteiger partial charge >= 0.3 is 0 Å². The van der Waals surface area contributed by atoms with E-state index in [1.54, 1.807) is 0 Å². The molecule has 5 nitrogen and oxygen atoms in total. The Labute approximate surface area is 164 Å². The Kier molecular flexibility index (Phi) is 3.46. The monoisotopic (exact) mass is 425 g/mol. The van der Waals surface area contributed by atoms with Gasteiger partial charge in [0.15, 0.2) is 0 Å². The Balaban J connectivity index is 1.56. The van der Waals surface area contributed by atoms with Gasteiger partial charge < -0.3 is 4.74 Å². The van der Waals surface area contributed by atoms with E-state index in [1.165, 1.54) is 0 Å². The maximum atomic E-state index is 12.8. The first-order chi connectivity index (χ1) is 11.8. The number of carbonyl (C=O) groups excluding carboxylic acids is 2. The number of fused-ring (bicyclic) bond motifs is 12. The van der Waals surface area contributed by atoms with Gasteiger partial charge in [-0.25, -0.2) is 0 Å². The quantitative estimate of drug-likeness (QED) is 0.514. The van der Waals surface area contributed by atoms with Gasteiger partial charge in [-0.1, -0.05) is 30.1 Å². The van der Waals surface area contributed by atoms with Gasteiger partial charge in [0.25, 0.3) is 11.8 Å². The van der Waals surface area contributed by atoms with Gasteiger partial charge in [0.05, 0.1) is 50.5 Å². The van der Waals surface area contributed by atoms with E-state index in [0.717, 1.165) is 5.06 Å². The molecule has 2 amide bonds. The molecule has 3 heterocycles. The summed E-state index contributed by atoms with van der Waals surface area (Å²) in [5, 5.41) is 1.59. The minimum Gasteiger partial charge on any atom is -0.373 e. The third-order valence-electron chi connectivity index (χ3n) is 6.39. The second-order valence-electron chi connectivity index (χ2n) is 7.50. The number of alkyl halides is 2. The zero-order valence-electron chi connectivity index (χ0n) is 13.2. The molecule has 3 saturated heterocycles. The summed E-state index contributed by atoms with van der Waals surface area (Å²) >= 11 is 26.5. The third-order valence-corrected chi connectivity index (χ3v) is 8.88. The normalized spacial score (nSPS) is 52.6. The van der Waals surface area contributed by atoms with E-state index >= 15 is 0 Å². The highest BCUT2D eigenvalue weighted by atomic mass is 35.5. The maximum Gasteiger partial charge on any atom is 0.260 e. The van der Waals surface area contributed by atoms with E-state index in [0.29, 0.717) is 29.5 Å². The Morgan fingerprint density at radius 1 is 1.08 bits per heavy atom. The van der Waals surface area contributed by atoms with Crippen LogP contribution >= 0.6 is 46.4 Å². The Morgan fingerprint density at radius 2 is 1.56 bits per heavy atom. The second-order valence-corrected chi connectivity index (χ2v) is 9.61. The standard InChI is InChI=1S/C16H15Cl4NO4/c1-2-3-24-21-13(22)5-6(14(21)23)10-8-7(9(5)25-10)15(19)4-16(8,20)12(18)11(15)17/h5-10H,2-4H2,1H3/t5-,6+,7-,8-,9+,10-,15+,16+/m1/s1. The SMILES string of the molecule is CCCON1C(=O)[C@@H]2[C@H]3O[C@@H]([C@@H]2C1=O)[C@H]1[C@H]3[C@@]2(Cl)C[C@@]1(Cl)C(Cl)=C2Cl. The van der Waals surface area contributed by atoms with Crippen LogP contribution in [-0.4, -0.2) is 45.4 Å². The first-order valence-corrected chi connectivity index (χ1v) is 9.88. The van der Waals surface area contributed by atoms with Crippen molar-refractivity contribution in [2.45, 2.75) is 41.7 Å². The van der Waals surface area contributed by atoms with Gasteiger partial charge in [-0.2, -0.15) is 5.06 Å². The molecule has 4 fully saturated rings. The number of hydrogen-bond donors (Lipinski definition) is 0. The van der Waals surface area contributed by atoms with Crippen LogP contribution in [0, 0.1) is 23.7 Å². The summed E-state index contributed by atoms with van der Waals surface area (Å²) in [7, 11) is 0. The van der Waals surface area contributed by atoms with Crippen molar-refractivity contribution in [1.29, 1.82) is 0 Å². The number of rotatable bonds is 3. The summed E-state index contributed by atoms with van der Waals surface area (Å²) < 4.78 is 6.07. The molecule has 0 aromatic carbocycles. The molecule has 0 aromatic heterocycles. The van der Waals surface area contributed by atoms with Crippen molar-refractivity contribution in [2.75, 3.05) is 6.61 Å². The summed E-state index contributed by atoms with van der Waals surface area (Å²) in [6, 6.07) is 0. The fraction of sp³-hybridized carbons (Fsp3) is 0.750. The van der Waals surface area contributed by atoms with Gasteiger partial charge in [-0.05, 0) is 12.8 Å². The van der Waals surface area contributed by atoms with Crippen molar-refractivity contribution in [3.8, 4) is 0 Å². The highest BCUT2D eigenvalue weighted by Crippen LogP contribution is 2.75. The van der Waals surface area contributed by atoms with E-state index < -0.39 is 33.8 Å². The number of carbonyl (C=O) groups is 2. The smallest absolute Gasteiger partial charge is 0.260 e. The zero-order chi connectivity index (χ0) is 17.9. The van der Waals surface area contributed by atoms with Crippen LogP contribution in [0.5, 0.6) is 0 Å². The van der Waals surface area contributed by atoms with E-state index in [1.807, 2.05) is 6.92 Å². The fourth-order valence-corrected chi connectivity index (χ4v) is 7.59. The Hall–Kier alpha value is -0.0400. The molecular formula is C16H15Cl4NO4. The lowest BCUT2D eigenvalue weighted by Crippen LogP contribution is -2.50. The van der Waals surface area contributed by atoms with E-state index in [-0.39, 0.29) is 23.7 Å². The molecule has 2 aliphatic carbocycles. The number of hydroxylamine groups is 2. The number of nitrogens with zero attached hydrogens (tertiary/aromatic N) is 1. The molecule has 3 aliphatic heterocycles. The van der Waals surface area contributed by atoms with Crippen LogP contribution in [0.25, 0.3) is 0 Å². The predicted molar refractivity (Wildman–Crippen MR) is 91.2 cm³/mol. The molecule has 5 aliphatic rings. The minimum atomic E-state index is -0.934. The topological polar surface area (TPSA) is 55.8 Å². The highest BCUT2D eigenvalue weighted by molar-refractivity contribution is 6.51. The minimum absolute atomic E-state index is 0.240. The predicted octanol–water partition coefficient (Wildman–Crippen LogP) is 3.00. The Bertz CT molecular complexity index is 690. The molecular weight excluding hydrogens is 412 g/mol. The molecule has 25 heavy (non-hydrogen) atoms. The lowest BCUT2D eigenvalue weighted by Gasteiger charge is -2.40. The van der Waals surface area contributed by atoms with Crippen molar-refractivity contribution in [1.82, 2.24) is 5.06 Å².